The SMILES string of the molecule is CC1(C(=O)O)c2ccccc2-c2ccc(-c3ccc4c(c3)C(C(=O)O)c3ccccc3-4)cc21. The van der Waals surface area contributed by atoms with Crippen molar-refractivity contribution in [1.29, 1.82) is 0 Å². The van der Waals surface area contributed by atoms with E-state index in [9.17, 15) is 19.8 Å². The van der Waals surface area contributed by atoms with Crippen molar-refractivity contribution < 1.29 is 19.8 Å². The predicted octanol–water partition coefficient (Wildman–Crippen LogP) is 5.92. The zero-order chi connectivity index (χ0) is 22.9. The van der Waals surface area contributed by atoms with E-state index in [1.165, 1.54) is 0 Å². The highest BCUT2D eigenvalue weighted by Gasteiger charge is 2.45. The molecule has 33 heavy (non-hydrogen) atoms. The second-order valence-electron chi connectivity index (χ2n) is 8.90. The van der Waals surface area contributed by atoms with Crippen LogP contribution in [0.25, 0.3) is 33.4 Å². The molecule has 0 bridgehead atoms. The molecule has 4 nitrogen and oxygen atoms in total. The summed E-state index contributed by atoms with van der Waals surface area (Å²) in [6, 6.07) is 27.1. The molecule has 0 saturated carbocycles. The van der Waals surface area contributed by atoms with Gasteiger partial charge in [0.2, 0.25) is 0 Å². The van der Waals surface area contributed by atoms with Crippen LogP contribution in [0.2, 0.25) is 0 Å². The first-order valence-electron chi connectivity index (χ1n) is 10.9. The first-order valence-corrected chi connectivity index (χ1v) is 10.9. The normalized spacial score (nSPS) is 19.4. The molecule has 0 aliphatic heterocycles. The minimum Gasteiger partial charge on any atom is -0.481 e. The Morgan fingerprint density at radius 3 is 1.97 bits per heavy atom. The van der Waals surface area contributed by atoms with Gasteiger partial charge in [-0.2, -0.15) is 0 Å². The number of fused-ring (bicyclic) bond motifs is 6. The summed E-state index contributed by atoms with van der Waals surface area (Å²) in [5.41, 5.74) is 7.49. The van der Waals surface area contributed by atoms with E-state index in [0.717, 1.165) is 55.6 Å². The van der Waals surface area contributed by atoms with E-state index in [0.29, 0.717) is 0 Å². The monoisotopic (exact) mass is 432 g/mol. The Morgan fingerprint density at radius 2 is 1.24 bits per heavy atom. The number of hydrogen-bond donors (Lipinski definition) is 2. The highest BCUT2D eigenvalue weighted by atomic mass is 16.4. The largest absolute Gasteiger partial charge is 0.481 e. The van der Waals surface area contributed by atoms with Crippen LogP contribution >= 0.6 is 0 Å². The van der Waals surface area contributed by atoms with E-state index >= 15 is 0 Å². The number of carboxylic acids is 2. The summed E-state index contributed by atoms with van der Waals surface area (Å²) < 4.78 is 0. The van der Waals surface area contributed by atoms with Gasteiger partial charge in [0.15, 0.2) is 0 Å². The predicted molar refractivity (Wildman–Crippen MR) is 126 cm³/mol. The van der Waals surface area contributed by atoms with Crippen LogP contribution in [-0.4, -0.2) is 22.2 Å². The second-order valence-corrected chi connectivity index (χ2v) is 8.90. The Bertz CT molecular complexity index is 1500. The number of carboxylic acid groups (broad SMARTS) is 2. The number of rotatable bonds is 3. The molecule has 0 aromatic heterocycles. The van der Waals surface area contributed by atoms with Crippen LogP contribution in [0.5, 0.6) is 0 Å². The number of carbonyl (C=O) groups is 2. The highest BCUT2D eigenvalue weighted by Crippen LogP contribution is 2.51. The molecule has 2 unspecified atom stereocenters. The fourth-order valence-corrected chi connectivity index (χ4v) is 5.56. The van der Waals surface area contributed by atoms with E-state index in [1.807, 2.05) is 84.9 Å². The maximum atomic E-state index is 12.4. The molecule has 0 heterocycles. The summed E-state index contributed by atoms with van der Waals surface area (Å²) >= 11 is 0. The minimum absolute atomic E-state index is 0.709. The van der Waals surface area contributed by atoms with Crippen molar-refractivity contribution >= 4 is 11.9 Å². The smallest absolute Gasteiger partial charge is 0.318 e. The Balaban J connectivity index is 1.52. The van der Waals surface area contributed by atoms with Gasteiger partial charge in [-0.3, -0.25) is 9.59 Å². The molecule has 0 fully saturated rings. The van der Waals surface area contributed by atoms with E-state index < -0.39 is 23.3 Å². The Kier molecular flexibility index (Phi) is 3.93. The van der Waals surface area contributed by atoms with Crippen molar-refractivity contribution in [3.63, 3.8) is 0 Å². The van der Waals surface area contributed by atoms with Crippen LogP contribution in [0.15, 0.2) is 84.9 Å². The quantitative estimate of drug-likeness (QED) is 0.421. The molecule has 2 aliphatic rings. The summed E-state index contributed by atoms with van der Waals surface area (Å²) in [5.74, 6) is -2.47. The lowest BCUT2D eigenvalue weighted by Gasteiger charge is -2.22. The van der Waals surface area contributed by atoms with Crippen LogP contribution in [-0.2, 0) is 15.0 Å². The van der Waals surface area contributed by atoms with Crippen LogP contribution in [0.4, 0.5) is 0 Å². The van der Waals surface area contributed by atoms with E-state index in [-0.39, 0.29) is 0 Å². The molecule has 0 spiro atoms. The summed E-state index contributed by atoms with van der Waals surface area (Å²) in [6.07, 6.45) is 0. The maximum absolute atomic E-state index is 12.4. The zero-order valence-corrected chi connectivity index (χ0v) is 17.9. The van der Waals surface area contributed by atoms with Crippen LogP contribution < -0.4 is 0 Å². The molecule has 2 aliphatic carbocycles. The van der Waals surface area contributed by atoms with Gasteiger partial charge < -0.3 is 10.2 Å². The molecule has 2 N–H and O–H groups in total. The first-order chi connectivity index (χ1) is 15.9. The highest BCUT2D eigenvalue weighted by molar-refractivity contribution is 5.98. The van der Waals surface area contributed by atoms with Crippen molar-refractivity contribution in [3.8, 4) is 33.4 Å². The van der Waals surface area contributed by atoms with Crippen LogP contribution in [0, 0.1) is 0 Å². The Labute approximate surface area is 190 Å². The molecule has 0 radical (unpaired) electrons. The van der Waals surface area contributed by atoms with E-state index in [1.54, 1.807) is 6.92 Å². The third-order valence-electron chi connectivity index (χ3n) is 7.25. The lowest BCUT2D eigenvalue weighted by Crippen LogP contribution is -2.31. The molecule has 4 aromatic rings. The summed E-state index contributed by atoms with van der Waals surface area (Å²) in [6.45, 7) is 1.75. The van der Waals surface area contributed by atoms with Crippen molar-refractivity contribution in [2.45, 2.75) is 18.3 Å². The Hall–Kier alpha value is -4.18. The van der Waals surface area contributed by atoms with Crippen molar-refractivity contribution in [1.82, 2.24) is 0 Å². The van der Waals surface area contributed by atoms with Crippen molar-refractivity contribution in [3.05, 3.63) is 107 Å². The molecular weight excluding hydrogens is 412 g/mol. The number of aliphatic carboxylic acids is 2. The van der Waals surface area contributed by atoms with Crippen LogP contribution in [0.3, 0.4) is 0 Å². The summed E-state index contributed by atoms with van der Waals surface area (Å²) in [4.78, 5) is 24.6. The molecule has 4 heteroatoms. The molecule has 160 valence electrons. The lowest BCUT2D eigenvalue weighted by molar-refractivity contribution is -0.141. The van der Waals surface area contributed by atoms with Gasteiger partial charge in [0.05, 0.1) is 0 Å². The van der Waals surface area contributed by atoms with E-state index in [4.69, 9.17) is 0 Å². The zero-order valence-electron chi connectivity index (χ0n) is 17.9. The molecular formula is C29H20O4. The van der Waals surface area contributed by atoms with Gasteiger partial charge in [-0.05, 0) is 74.7 Å². The van der Waals surface area contributed by atoms with Crippen molar-refractivity contribution in [2.24, 2.45) is 0 Å². The minimum atomic E-state index is -1.14. The van der Waals surface area contributed by atoms with Gasteiger partial charge in [0.1, 0.15) is 11.3 Å². The molecule has 2 atom stereocenters. The van der Waals surface area contributed by atoms with Crippen molar-refractivity contribution in [2.75, 3.05) is 0 Å². The Morgan fingerprint density at radius 1 is 0.667 bits per heavy atom. The third kappa shape index (κ3) is 2.52. The van der Waals surface area contributed by atoms with Crippen LogP contribution in [0.1, 0.15) is 35.1 Å². The number of benzene rings is 4. The lowest BCUT2D eigenvalue weighted by atomic mass is 9.79. The first kappa shape index (κ1) is 19.5. The molecule has 0 saturated heterocycles. The topological polar surface area (TPSA) is 74.6 Å². The fraction of sp³-hybridized carbons (Fsp3) is 0.103. The van der Waals surface area contributed by atoms with Gasteiger partial charge >= 0.3 is 11.9 Å². The van der Waals surface area contributed by atoms with Gasteiger partial charge in [0.25, 0.3) is 0 Å². The fourth-order valence-electron chi connectivity index (χ4n) is 5.56. The van der Waals surface area contributed by atoms with Gasteiger partial charge in [-0.15, -0.1) is 0 Å². The molecule has 6 rings (SSSR count). The van der Waals surface area contributed by atoms with Gasteiger partial charge in [-0.25, -0.2) is 0 Å². The third-order valence-corrected chi connectivity index (χ3v) is 7.25. The number of hydrogen-bond acceptors (Lipinski definition) is 2. The van der Waals surface area contributed by atoms with Gasteiger partial charge in [0, 0.05) is 0 Å². The standard InChI is InChI=1S/C29H20O4/c1-29(28(32)33)24-9-5-4-7-20(24)21-13-11-17(15-25(21)29)16-10-12-19-18-6-2-3-8-22(18)26(27(30)31)23(19)14-16/h2-15,26H,1H3,(H,30,31)(H,32,33). The second kappa shape index (κ2) is 6.66. The summed E-state index contributed by atoms with van der Waals surface area (Å²) in [5, 5.41) is 20.1. The average Bonchev–Trinajstić information content (AvgIpc) is 3.29. The summed E-state index contributed by atoms with van der Waals surface area (Å²) in [7, 11) is 0. The molecule has 4 aromatic carbocycles. The maximum Gasteiger partial charge on any atom is 0.318 e. The molecule has 0 amide bonds. The average molecular weight is 432 g/mol. The van der Waals surface area contributed by atoms with Gasteiger partial charge in [-0.1, -0.05) is 72.8 Å². The van der Waals surface area contributed by atoms with E-state index in [2.05, 4.69) is 0 Å².